The van der Waals surface area contributed by atoms with Crippen LogP contribution in [-0.2, 0) is 6.42 Å². The number of benzene rings is 2. The van der Waals surface area contributed by atoms with Crippen LogP contribution in [0, 0.1) is 0 Å². The number of imide groups is 1. The third-order valence-electron chi connectivity index (χ3n) is 3.54. The number of hydrogen-bond acceptors (Lipinski definition) is 3. The highest BCUT2D eigenvalue weighted by Gasteiger charge is 2.35. The van der Waals surface area contributed by atoms with E-state index in [1.807, 2.05) is 24.3 Å². The average molecular weight is 345 g/mol. The number of anilines is 1. The molecule has 0 saturated heterocycles. The Bertz CT molecular complexity index is 726. The number of halogens is 1. The van der Waals surface area contributed by atoms with Gasteiger partial charge in [0.1, 0.15) is 0 Å². The van der Waals surface area contributed by atoms with E-state index in [9.17, 15) is 9.59 Å². The van der Waals surface area contributed by atoms with Crippen molar-refractivity contribution in [1.29, 1.82) is 0 Å². The first kappa shape index (κ1) is 13.8. The normalized spacial score (nSPS) is 13.7. The first-order valence-corrected chi connectivity index (χ1v) is 7.36. The minimum atomic E-state index is -0.230. The van der Waals surface area contributed by atoms with Gasteiger partial charge in [0.25, 0.3) is 11.8 Å². The van der Waals surface area contributed by atoms with Gasteiger partial charge in [0, 0.05) is 16.7 Å². The van der Waals surface area contributed by atoms with Crippen molar-refractivity contribution in [2.45, 2.75) is 6.42 Å². The molecule has 0 bridgehead atoms. The molecular formula is C16H13BrN2O2. The molecule has 2 aromatic rings. The predicted octanol–water partition coefficient (Wildman–Crippen LogP) is 2.87. The number of fused-ring (bicyclic) bond motifs is 1. The summed E-state index contributed by atoms with van der Waals surface area (Å²) in [6.45, 7) is 0.369. The Hall–Kier alpha value is -2.14. The van der Waals surface area contributed by atoms with Gasteiger partial charge in [-0.2, -0.15) is 0 Å². The summed E-state index contributed by atoms with van der Waals surface area (Å²) in [4.78, 5) is 25.9. The van der Waals surface area contributed by atoms with Crippen LogP contribution in [0.3, 0.4) is 0 Å². The smallest absolute Gasteiger partial charge is 0.261 e. The van der Waals surface area contributed by atoms with Crippen LogP contribution >= 0.6 is 15.9 Å². The van der Waals surface area contributed by atoms with Crippen molar-refractivity contribution in [3.8, 4) is 0 Å². The summed E-state index contributed by atoms with van der Waals surface area (Å²) < 4.78 is 0.794. The molecule has 0 spiro atoms. The Balaban J connectivity index is 1.77. The number of nitrogens with zero attached hydrogens (tertiary/aromatic N) is 1. The zero-order chi connectivity index (χ0) is 15.0. The van der Waals surface area contributed by atoms with E-state index in [0.29, 0.717) is 29.8 Å². The second-order valence-electron chi connectivity index (χ2n) is 4.94. The topological polar surface area (TPSA) is 63.4 Å². The molecule has 0 aromatic heterocycles. The Morgan fingerprint density at radius 2 is 1.62 bits per heavy atom. The van der Waals surface area contributed by atoms with Gasteiger partial charge in [-0.15, -0.1) is 0 Å². The van der Waals surface area contributed by atoms with Gasteiger partial charge in [-0.1, -0.05) is 28.1 Å². The summed E-state index contributed by atoms with van der Waals surface area (Å²) in [5, 5.41) is 0. The van der Waals surface area contributed by atoms with Crippen LogP contribution in [0.2, 0.25) is 0 Å². The lowest BCUT2D eigenvalue weighted by Crippen LogP contribution is -2.31. The van der Waals surface area contributed by atoms with Crippen molar-refractivity contribution in [2.75, 3.05) is 12.3 Å². The SMILES string of the molecule is Nc1ccc(CCN2C(=O)c3ccc(Br)cc3C2=O)cc1. The zero-order valence-electron chi connectivity index (χ0n) is 11.2. The standard InChI is InChI=1S/C16H13BrN2O2/c17-11-3-6-13-14(9-11)16(21)19(15(13)20)8-7-10-1-4-12(18)5-2-10/h1-6,9H,7-8,18H2. The second-order valence-corrected chi connectivity index (χ2v) is 5.86. The van der Waals surface area contributed by atoms with Crippen LogP contribution in [0.15, 0.2) is 46.9 Å². The van der Waals surface area contributed by atoms with E-state index in [1.165, 1.54) is 4.90 Å². The van der Waals surface area contributed by atoms with Crippen molar-refractivity contribution in [3.63, 3.8) is 0 Å². The third kappa shape index (κ3) is 2.56. The maximum atomic E-state index is 12.3. The quantitative estimate of drug-likeness (QED) is 0.687. The Morgan fingerprint density at radius 1 is 0.952 bits per heavy atom. The highest BCUT2D eigenvalue weighted by molar-refractivity contribution is 9.10. The summed E-state index contributed by atoms with van der Waals surface area (Å²) in [6, 6.07) is 12.6. The van der Waals surface area contributed by atoms with E-state index < -0.39 is 0 Å². The fourth-order valence-corrected chi connectivity index (χ4v) is 2.75. The van der Waals surface area contributed by atoms with Gasteiger partial charge in [-0.3, -0.25) is 14.5 Å². The van der Waals surface area contributed by atoms with Gasteiger partial charge in [0.2, 0.25) is 0 Å². The number of hydrogen-bond donors (Lipinski definition) is 1. The Labute approximate surface area is 130 Å². The summed E-state index contributed by atoms with van der Waals surface area (Å²) >= 11 is 3.32. The van der Waals surface area contributed by atoms with E-state index >= 15 is 0 Å². The van der Waals surface area contributed by atoms with Gasteiger partial charge < -0.3 is 5.73 Å². The molecule has 0 aliphatic carbocycles. The molecule has 0 radical (unpaired) electrons. The largest absolute Gasteiger partial charge is 0.399 e. The van der Waals surface area contributed by atoms with Gasteiger partial charge >= 0.3 is 0 Å². The molecule has 21 heavy (non-hydrogen) atoms. The molecule has 4 nitrogen and oxygen atoms in total. The number of nitrogen functional groups attached to an aromatic ring is 1. The summed E-state index contributed by atoms with van der Waals surface area (Å²) in [7, 11) is 0. The van der Waals surface area contributed by atoms with Gasteiger partial charge in [0.05, 0.1) is 11.1 Å². The number of carbonyl (C=O) groups excluding carboxylic acids is 2. The fraction of sp³-hybridized carbons (Fsp3) is 0.125. The molecule has 0 saturated carbocycles. The molecule has 0 atom stereocenters. The Morgan fingerprint density at radius 3 is 2.33 bits per heavy atom. The van der Waals surface area contributed by atoms with Crippen molar-refractivity contribution in [3.05, 3.63) is 63.6 Å². The van der Waals surface area contributed by atoms with E-state index in [1.54, 1.807) is 18.2 Å². The highest BCUT2D eigenvalue weighted by Crippen LogP contribution is 2.26. The van der Waals surface area contributed by atoms with Crippen LogP contribution in [0.25, 0.3) is 0 Å². The lowest BCUT2D eigenvalue weighted by atomic mass is 10.1. The first-order chi connectivity index (χ1) is 10.1. The molecule has 3 rings (SSSR count). The van der Waals surface area contributed by atoms with E-state index in [2.05, 4.69) is 15.9 Å². The molecule has 2 amide bonds. The molecule has 2 N–H and O–H groups in total. The van der Waals surface area contributed by atoms with E-state index in [-0.39, 0.29) is 11.8 Å². The van der Waals surface area contributed by atoms with Gasteiger partial charge in [0.15, 0.2) is 0 Å². The molecule has 1 heterocycles. The maximum Gasteiger partial charge on any atom is 0.261 e. The molecule has 1 aliphatic heterocycles. The zero-order valence-corrected chi connectivity index (χ0v) is 12.8. The molecule has 2 aromatic carbocycles. The highest BCUT2D eigenvalue weighted by atomic mass is 79.9. The lowest BCUT2D eigenvalue weighted by Gasteiger charge is -2.13. The molecule has 0 fully saturated rings. The second kappa shape index (κ2) is 5.33. The summed E-state index contributed by atoms with van der Waals surface area (Å²) in [6.07, 6.45) is 0.618. The molecule has 0 unspecified atom stereocenters. The van der Waals surface area contributed by atoms with Crippen LogP contribution in [0.5, 0.6) is 0 Å². The fourth-order valence-electron chi connectivity index (χ4n) is 2.39. The van der Waals surface area contributed by atoms with Crippen LogP contribution in [-0.4, -0.2) is 23.3 Å². The molecule has 106 valence electrons. The number of nitrogens with two attached hydrogens (primary N) is 1. The number of amides is 2. The van der Waals surface area contributed by atoms with Gasteiger partial charge in [-0.25, -0.2) is 0 Å². The predicted molar refractivity (Wildman–Crippen MR) is 84.1 cm³/mol. The maximum absolute atomic E-state index is 12.3. The van der Waals surface area contributed by atoms with Crippen LogP contribution in [0.1, 0.15) is 26.3 Å². The lowest BCUT2D eigenvalue weighted by molar-refractivity contribution is 0.0656. The third-order valence-corrected chi connectivity index (χ3v) is 4.03. The van der Waals surface area contributed by atoms with Crippen molar-refractivity contribution in [1.82, 2.24) is 4.90 Å². The van der Waals surface area contributed by atoms with Crippen molar-refractivity contribution < 1.29 is 9.59 Å². The minimum Gasteiger partial charge on any atom is -0.399 e. The summed E-state index contributed by atoms with van der Waals surface area (Å²) in [5.74, 6) is -0.454. The number of carbonyl (C=O) groups is 2. The van der Waals surface area contributed by atoms with Crippen molar-refractivity contribution in [2.24, 2.45) is 0 Å². The molecule has 1 aliphatic rings. The molecule has 5 heteroatoms. The van der Waals surface area contributed by atoms with Crippen LogP contribution in [0.4, 0.5) is 5.69 Å². The molecular weight excluding hydrogens is 332 g/mol. The van der Waals surface area contributed by atoms with Gasteiger partial charge in [-0.05, 0) is 42.3 Å². The minimum absolute atomic E-state index is 0.224. The summed E-state index contributed by atoms with van der Waals surface area (Å²) in [5.41, 5.74) is 8.32. The van der Waals surface area contributed by atoms with Crippen LogP contribution < -0.4 is 5.73 Å². The average Bonchev–Trinajstić information content (AvgIpc) is 2.70. The Kier molecular flexibility index (Phi) is 3.51. The van der Waals surface area contributed by atoms with E-state index in [4.69, 9.17) is 5.73 Å². The number of rotatable bonds is 3. The van der Waals surface area contributed by atoms with E-state index in [0.717, 1.165) is 10.0 Å². The first-order valence-electron chi connectivity index (χ1n) is 6.56. The van der Waals surface area contributed by atoms with Crippen molar-refractivity contribution >= 4 is 33.4 Å². The monoisotopic (exact) mass is 344 g/mol.